The van der Waals surface area contributed by atoms with Gasteiger partial charge in [0, 0.05) is 10.9 Å². The topological polar surface area (TPSA) is 46.2 Å². The van der Waals surface area contributed by atoms with Gasteiger partial charge in [0.1, 0.15) is 0 Å². The largest absolute Gasteiger partial charge is 0.423 e. The maximum absolute atomic E-state index is 12.6. The van der Waals surface area contributed by atoms with E-state index in [2.05, 4.69) is 0 Å². The van der Waals surface area contributed by atoms with Gasteiger partial charge in [0.25, 0.3) is 0 Å². The molecule has 0 fully saturated rings. The Morgan fingerprint density at radius 2 is 2.07 bits per heavy atom. The molecular formula is C8H10F3NOS. The Hall–Kier alpha value is -0.590. The van der Waals surface area contributed by atoms with Crippen LogP contribution in [0.2, 0.25) is 0 Å². The van der Waals surface area contributed by atoms with E-state index in [0.29, 0.717) is 0 Å². The average molecular weight is 225 g/mol. The third-order valence-corrected chi connectivity index (χ3v) is 2.98. The predicted molar refractivity (Wildman–Crippen MR) is 47.9 cm³/mol. The highest BCUT2D eigenvalue weighted by atomic mass is 32.1. The molecule has 14 heavy (non-hydrogen) atoms. The summed E-state index contributed by atoms with van der Waals surface area (Å²) in [6.45, 7) is 1.13. The van der Waals surface area contributed by atoms with Crippen LogP contribution < -0.4 is 5.73 Å². The molecule has 6 heteroatoms. The van der Waals surface area contributed by atoms with Gasteiger partial charge in [-0.05, 0) is 18.4 Å². The van der Waals surface area contributed by atoms with E-state index in [1.807, 2.05) is 0 Å². The lowest BCUT2D eigenvalue weighted by molar-refractivity contribution is -0.271. The molecule has 1 aromatic heterocycles. The first kappa shape index (κ1) is 11.5. The molecular weight excluding hydrogens is 215 g/mol. The van der Waals surface area contributed by atoms with Gasteiger partial charge in [-0.3, -0.25) is 0 Å². The smallest absolute Gasteiger partial charge is 0.375 e. The first-order valence-corrected chi connectivity index (χ1v) is 4.76. The van der Waals surface area contributed by atoms with E-state index < -0.39 is 17.8 Å². The van der Waals surface area contributed by atoms with Crippen molar-refractivity contribution in [2.24, 2.45) is 5.73 Å². The molecule has 80 valence electrons. The first-order chi connectivity index (χ1) is 6.30. The van der Waals surface area contributed by atoms with Gasteiger partial charge in [0.2, 0.25) is 5.60 Å². The van der Waals surface area contributed by atoms with Crippen molar-refractivity contribution < 1.29 is 18.3 Å². The van der Waals surface area contributed by atoms with Crippen LogP contribution in [0.5, 0.6) is 0 Å². The second-order valence-electron chi connectivity index (χ2n) is 3.03. The summed E-state index contributed by atoms with van der Waals surface area (Å²) < 4.78 is 37.8. The van der Waals surface area contributed by atoms with E-state index in [4.69, 9.17) is 5.73 Å². The highest BCUT2D eigenvalue weighted by Crippen LogP contribution is 2.42. The van der Waals surface area contributed by atoms with Gasteiger partial charge < -0.3 is 10.8 Å². The maximum atomic E-state index is 12.6. The number of aliphatic hydroxyl groups is 1. The molecule has 1 heterocycles. The predicted octanol–water partition coefficient (Wildman–Crippen LogP) is 1.85. The zero-order valence-corrected chi connectivity index (χ0v) is 8.19. The van der Waals surface area contributed by atoms with Crippen LogP contribution in [0.25, 0.3) is 0 Å². The van der Waals surface area contributed by atoms with Gasteiger partial charge in [-0.2, -0.15) is 13.2 Å². The van der Waals surface area contributed by atoms with E-state index in [9.17, 15) is 18.3 Å². The monoisotopic (exact) mass is 225 g/mol. The third-order valence-electron chi connectivity index (χ3n) is 1.99. The molecule has 0 aliphatic rings. The van der Waals surface area contributed by atoms with Crippen molar-refractivity contribution in [1.29, 1.82) is 0 Å². The lowest BCUT2D eigenvalue weighted by Gasteiger charge is -2.32. The van der Waals surface area contributed by atoms with Crippen molar-refractivity contribution in [2.45, 2.75) is 24.7 Å². The molecule has 0 radical (unpaired) electrons. The van der Waals surface area contributed by atoms with E-state index >= 15 is 0 Å². The SMILES string of the molecule is CC(N)C(O)(c1cccs1)C(F)(F)F. The standard InChI is InChI=1S/C8H10F3NOS/c1-5(12)7(13,8(9,10)11)6-3-2-4-14-6/h2-5,13H,12H2,1H3. The molecule has 1 rings (SSSR count). The second kappa shape index (κ2) is 3.52. The Morgan fingerprint density at radius 3 is 2.36 bits per heavy atom. The van der Waals surface area contributed by atoms with Crippen LogP contribution in [0, 0.1) is 0 Å². The van der Waals surface area contributed by atoms with Crippen LogP contribution >= 0.6 is 11.3 Å². The molecule has 1 aromatic rings. The number of hydrogen-bond donors (Lipinski definition) is 2. The van der Waals surface area contributed by atoms with Crippen LogP contribution in [0.4, 0.5) is 13.2 Å². The fraction of sp³-hybridized carbons (Fsp3) is 0.500. The molecule has 0 amide bonds. The molecule has 2 unspecified atom stereocenters. The Balaban J connectivity index is 3.20. The molecule has 0 aliphatic carbocycles. The van der Waals surface area contributed by atoms with E-state index in [1.165, 1.54) is 17.5 Å². The van der Waals surface area contributed by atoms with Crippen molar-refractivity contribution in [1.82, 2.24) is 0 Å². The van der Waals surface area contributed by atoms with Crippen LogP contribution in [0.1, 0.15) is 11.8 Å². The molecule has 0 spiro atoms. The molecule has 2 atom stereocenters. The average Bonchev–Trinajstić information content (AvgIpc) is 2.52. The third kappa shape index (κ3) is 1.65. The number of alkyl halides is 3. The van der Waals surface area contributed by atoms with Gasteiger partial charge in [0.05, 0.1) is 0 Å². The highest BCUT2D eigenvalue weighted by Gasteiger charge is 2.58. The summed E-state index contributed by atoms with van der Waals surface area (Å²) in [7, 11) is 0. The highest BCUT2D eigenvalue weighted by molar-refractivity contribution is 7.10. The number of nitrogens with two attached hydrogens (primary N) is 1. The van der Waals surface area contributed by atoms with Gasteiger partial charge in [-0.1, -0.05) is 6.07 Å². The van der Waals surface area contributed by atoms with Crippen LogP contribution in [-0.2, 0) is 5.60 Å². The van der Waals surface area contributed by atoms with Gasteiger partial charge in [-0.25, -0.2) is 0 Å². The number of rotatable bonds is 2. The van der Waals surface area contributed by atoms with E-state index in [1.54, 1.807) is 0 Å². The maximum Gasteiger partial charge on any atom is 0.423 e. The molecule has 0 saturated heterocycles. The van der Waals surface area contributed by atoms with Gasteiger partial charge >= 0.3 is 6.18 Å². The summed E-state index contributed by atoms with van der Waals surface area (Å²) in [4.78, 5) is -0.181. The van der Waals surface area contributed by atoms with Crippen molar-refractivity contribution in [2.75, 3.05) is 0 Å². The van der Waals surface area contributed by atoms with E-state index in [-0.39, 0.29) is 4.88 Å². The minimum Gasteiger partial charge on any atom is -0.375 e. The fourth-order valence-corrected chi connectivity index (χ4v) is 2.06. The molecule has 0 aromatic carbocycles. The lowest BCUT2D eigenvalue weighted by Crippen LogP contribution is -2.53. The van der Waals surface area contributed by atoms with Crippen molar-refractivity contribution >= 4 is 11.3 Å². The zero-order valence-electron chi connectivity index (χ0n) is 7.38. The summed E-state index contributed by atoms with van der Waals surface area (Å²) in [5.41, 5.74) is 2.24. The van der Waals surface area contributed by atoms with Crippen molar-refractivity contribution in [3.63, 3.8) is 0 Å². The summed E-state index contributed by atoms with van der Waals surface area (Å²) >= 11 is 0.835. The Bertz CT molecular complexity index is 296. The van der Waals surface area contributed by atoms with Gasteiger partial charge in [-0.15, -0.1) is 11.3 Å². The van der Waals surface area contributed by atoms with Crippen molar-refractivity contribution in [3.05, 3.63) is 22.4 Å². The summed E-state index contributed by atoms with van der Waals surface area (Å²) in [6, 6.07) is 1.27. The summed E-state index contributed by atoms with van der Waals surface area (Å²) in [5.74, 6) is 0. The number of thiophene rings is 1. The molecule has 0 saturated carbocycles. The number of hydrogen-bond acceptors (Lipinski definition) is 3. The van der Waals surface area contributed by atoms with E-state index in [0.717, 1.165) is 18.3 Å². The van der Waals surface area contributed by atoms with Gasteiger partial charge in [0.15, 0.2) is 0 Å². The summed E-state index contributed by atoms with van der Waals surface area (Å²) in [6.07, 6.45) is -4.76. The normalized spacial score (nSPS) is 19.0. The fourth-order valence-electron chi connectivity index (χ4n) is 1.12. The van der Waals surface area contributed by atoms with Crippen LogP contribution in [0.15, 0.2) is 17.5 Å². The quantitative estimate of drug-likeness (QED) is 0.806. The molecule has 0 aliphatic heterocycles. The van der Waals surface area contributed by atoms with Crippen molar-refractivity contribution in [3.8, 4) is 0 Å². The lowest BCUT2D eigenvalue weighted by atomic mass is 9.93. The Morgan fingerprint density at radius 1 is 1.50 bits per heavy atom. The minimum atomic E-state index is -4.76. The first-order valence-electron chi connectivity index (χ1n) is 3.89. The molecule has 3 N–H and O–H groups in total. The molecule has 2 nitrogen and oxygen atoms in total. The Labute approximate surface area is 83.2 Å². The Kier molecular flexibility index (Phi) is 2.89. The van der Waals surface area contributed by atoms with Crippen LogP contribution in [0.3, 0.4) is 0 Å². The molecule has 0 bridgehead atoms. The van der Waals surface area contributed by atoms with Crippen LogP contribution in [-0.4, -0.2) is 17.3 Å². The summed E-state index contributed by atoms with van der Waals surface area (Å²) in [5, 5.41) is 11.0. The number of halogens is 3. The second-order valence-corrected chi connectivity index (χ2v) is 3.98. The zero-order chi connectivity index (χ0) is 11.0. The minimum absolute atomic E-state index is 0.181.